The fraction of sp³-hybridized carbons (Fsp3) is 0.400. The number of hydrogen-bond acceptors (Lipinski definition) is 3. The van der Waals surface area contributed by atoms with Gasteiger partial charge in [0.05, 0.1) is 21.9 Å². The van der Waals surface area contributed by atoms with Crippen LogP contribution in [0.15, 0.2) is 42.7 Å². The molecule has 2 aromatic rings. The molecule has 5 nitrogen and oxygen atoms in total. The summed E-state index contributed by atoms with van der Waals surface area (Å²) in [6.07, 6.45) is 5.59. The summed E-state index contributed by atoms with van der Waals surface area (Å²) in [7, 11) is 0. The number of aromatic nitrogens is 1. The number of hydrogen-bond donors (Lipinski definition) is 1. The molecule has 2 amide bonds. The Kier molecular flexibility index (Phi) is 5.26. The summed E-state index contributed by atoms with van der Waals surface area (Å²) in [4.78, 5) is 20.7. The number of halogens is 2. The van der Waals surface area contributed by atoms with E-state index >= 15 is 0 Å². The highest BCUT2D eigenvalue weighted by Crippen LogP contribution is 2.41. The minimum atomic E-state index is -0.0353. The first-order valence-electron chi connectivity index (χ1n) is 9.15. The number of anilines is 1. The lowest BCUT2D eigenvalue weighted by atomic mass is 9.72. The van der Waals surface area contributed by atoms with Gasteiger partial charge in [-0.05, 0) is 55.8 Å². The van der Waals surface area contributed by atoms with Gasteiger partial charge in [-0.1, -0.05) is 29.3 Å². The Labute approximate surface area is 169 Å². The number of carbonyl (C=O) groups is 1. The van der Waals surface area contributed by atoms with Gasteiger partial charge in [-0.25, -0.2) is 4.79 Å². The molecular weight excluding hydrogens is 383 g/mol. The van der Waals surface area contributed by atoms with E-state index in [1.165, 1.54) is 5.56 Å². The largest absolute Gasteiger partial charge is 0.323 e. The molecule has 1 aromatic carbocycles. The van der Waals surface area contributed by atoms with Crippen molar-refractivity contribution in [3.63, 3.8) is 0 Å². The molecule has 0 radical (unpaired) electrons. The molecule has 27 heavy (non-hydrogen) atoms. The quantitative estimate of drug-likeness (QED) is 0.817. The highest BCUT2D eigenvalue weighted by Gasteiger charge is 2.46. The van der Waals surface area contributed by atoms with Gasteiger partial charge in [0.2, 0.25) is 0 Å². The van der Waals surface area contributed by atoms with E-state index in [9.17, 15) is 4.79 Å². The lowest BCUT2D eigenvalue weighted by Gasteiger charge is -2.53. The first kappa shape index (κ1) is 18.5. The van der Waals surface area contributed by atoms with Crippen molar-refractivity contribution in [3.05, 3.63) is 58.3 Å². The fourth-order valence-corrected chi connectivity index (χ4v) is 4.26. The number of nitrogens with one attached hydrogen (secondary N) is 1. The molecule has 2 fully saturated rings. The number of pyridine rings is 1. The van der Waals surface area contributed by atoms with E-state index in [0.717, 1.165) is 51.3 Å². The molecular formula is C20H22Cl2N4O. The van der Waals surface area contributed by atoms with E-state index in [4.69, 9.17) is 23.2 Å². The Hall–Kier alpha value is -1.82. The van der Waals surface area contributed by atoms with E-state index in [1.807, 2.05) is 35.2 Å². The van der Waals surface area contributed by atoms with Gasteiger partial charge >= 0.3 is 6.03 Å². The summed E-state index contributed by atoms with van der Waals surface area (Å²) in [6, 6.07) is 9.47. The average molecular weight is 405 g/mol. The molecule has 2 aliphatic rings. The van der Waals surface area contributed by atoms with Gasteiger partial charge < -0.3 is 10.2 Å². The minimum Gasteiger partial charge on any atom is -0.323 e. The van der Waals surface area contributed by atoms with Crippen molar-refractivity contribution < 1.29 is 4.79 Å². The number of rotatable bonds is 3. The Morgan fingerprint density at radius 3 is 2.59 bits per heavy atom. The second-order valence-electron chi connectivity index (χ2n) is 7.55. The maximum Gasteiger partial charge on any atom is 0.321 e. The first-order chi connectivity index (χ1) is 13.0. The molecule has 0 bridgehead atoms. The Morgan fingerprint density at radius 2 is 1.93 bits per heavy atom. The number of benzene rings is 1. The molecule has 1 spiro atoms. The lowest BCUT2D eigenvalue weighted by Crippen LogP contribution is -2.62. The van der Waals surface area contributed by atoms with Crippen molar-refractivity contribution in [1.29, 1.82) is 0 Å². The van der Waals surface area contributed by atoms with Crippen molar-refractivity contribution in [2.45, 2.75) is 19.4 Å². The number of amides is 2. The standard InChI is InChI=1S/C20H22Cl2N4O/c21-17-4-3-15(10-18(17)22)12-25-8-5-20(6-9-25)13-26(14-20)19(27)24-16-2-1-7-23-11-16/h1-4,7,10-11H,5-6,8-9,12-14H2,(H,24,27). The van der Waals surface area contributed by atoms with Crippen molar-refractivity contribution in [2.75, 3.05) is 31.5 Å². The van der Waals surface area contributed by atoms with Crippen LogP contribution in [0.5, 0.6) is 0 Å². The van der Waals surface area contributed by atoms with Gasteiger partial charge in [-0.3, -0.25) is 9.88 Å². The van der Waals surface area contributed by atoms with Crippen LogP contribution in [0.1, 0.15) is 18.4 Å². The van der Waals surface area contributed by atoms with Gasteiger partial charge in [0.25, 0.3) is 0 Å². The summed E-state index contributed by atoms with van der Waals surface area (Å²) < 4.78 is 0. The Bertz CT molecular complexity index is 814. The van der Waals surface area contributed by atoms with Crippen LogP contribution < -0.4 is 5.32 Å². The summed E-state index contributed by atoms with van der Waals surface area (Å²) in [5.74, 6) is 0. The highest BCUT2D eigenvalue weighted by molar-refractivity contribution is 6.42. The third-order valence-corrected chi connectivity index (χ3v) is 6.30. The van der Waals surface area contributed by atoms with Crippen LogP contribution in [0.4, 0.5) is 10.5 Å². The molecule has 142 valence electrons. The van der Waals surface area contributed by atoms with Crippen LogP contribution >= 0.6 is 23.2 Å². The maximum absolute atomic E-state index is 12.3. The van der Waals surface area contributed by atoms with Crippen LogP contribution in [-0.2, 0) is 6.54 Å². The van der Waals surface area contributed by atoms with Crippen molar-refractivity contribution in [1.82, 2.24) is 14.8 Å². The lowest BCUT2D eigenvalue weighted by molar-refractivity contribution is -0.0200. The van der Waals surface area contributed by atoms with E-state index in [0.29, 0.717) is 10.0 Å². The summed E-state index contributed by atoms with van der Waals surface area (Å²) in [5.41, 5.74) is 2.20. The topological polar surface area (TPSA) is 48.5 Å². The minimum absolute atomic E-state index is 0.0353. The van der Waals surface area contributed by atoms with Crippen LogP contribution in [-0.4, -0.2) is 47.0 Å². The van der Waals surface area contributed by atoms with Crippen LogP contribution in [0.25, 0.3) is 0 Å². The number of urea groups is 1. The number of piperidine rings is 1. The molecule has 0 aliphatic carbocycles. The van der Waals surface area contributed by atoms with Crippen LogP contribution in [0.2, 0.25) is 10.0 Å². The second-order valence-corrected chi connectivity index (χ2v) is 8.37. The predicted molar refractivity (Wildman–Crippen MR) is 108 cm³/mol. The Balaban J connectivity index is 1.25. The van der Waals surface area contributed by atoms with E-state index < -0.39 is 0 Å². The molecule has 7 heteroatoms. The number of carbonyl (C=O) groups excluding carboxylic acids is 1. The van der Waals surface area contributed by atoms with E-state index in [-0.39, 0.29) is 11.4 Å². The predicted octanol–water partition coefficient (Wildman–Crippen LogP) is 4.52. The molecule has 3 heterocycles. The fourth-order valence-electron chi connectivity index (χ4n) is 3.94. The molecule has 2 saturated heterocycles. The molecule has 0 saturated carbocycles. The zero-order valence-corrected chi connectivity index (χ0v) is 16.5. The van der Waals surface area contributed by atoms with Crippen molar-refractivity contribution >= 4 is 34.9 Å². The second kappa shape index (κ2) is 7.66. The van der Waals surface area contributed by atoms with Gasteiger partial charge in [-0.15, -0.1) is 0 Å². The summed E-state index contributed by atoms with van der Waals surface area (Å²) >= 11 is 12.1. The van der Waals surface area contributed by atoms with Crippen molar-refractivity contribution in [2.24, 2.45) is 5.41 Å². The van der Waals surface area contributed by atoms with Gasteiger partial charge in [-0.2, -0.15) is 0 Å². The third kappa shape index (κ3) is 4.21. The summed E-state index contributed by atoms with van der Waals surface area (Å²) in [5, 5.41) is 4.11. The van der Waals surface area contributed by atoms with Crippen LogP contribution in [0.3, 0.4) is 0 Å². The normalized spacial score (nSPS) is 19.0. The van der Waals surface area contributed by atoms with Gasteiger partial charge in [0.15, 0.2) is 0 Å². The molecule has 0 atom stereocenters. The highest BCUT2D eigenvalue weighted by atomic mass is 35.5. The number of nitrogens with zero attached hydrogens (tertiary/aromatic N) is 3. The monoisotopic (exact) mass is 404 g/mol. The average Bonchev–Trinajstić information content (AvgIpc) is 2.64. The smallest absolute Gasteiger partial charge is 0.321 e. The van der Waals surface area contributed by atoms with Gasteiger partial charge in [0, 0.05) is 31.2 Å². The molecule has 0 unspecified atom stereocenters. The van der Waals surface area contributed by atoms with Crippen molar-refractivity contribution in [3.8, 4) is 0 Å². The first-order valence-corrected chi connectivity index (χ1v) is 9.91. The SMILES string of the molecule is O=C(Nc1cccnc1)N1CC2(CCN(Cc3ccc(Cl)c(Cl)c3)CC2)C1. The Morgan fingerprint density at radius 1 is 1.15 bits per heavy atom. The van der Waals surface area contributed by atoms with Crippen LogP contribution in [0, 0.1) is 5.41 Å². The molecule has 1 aromatic heterocycles. The zero-order chi connectivity index (χ0) is 18.9. The molecule has 4 rings (SSSR count). The van der Waals surface area contributed by atoms with Gasteiger partial charge in [0.1, 0.15) is 0 Å². The molecule has 1 N–H and O–H groups in total. The molecule has 2 aliphatic heterocycles. The van der Waals surface area contributed by atoms with E-state index in [1.54, 1.807) is 12.4 Å². The maximum atomic E-state index is 12.3. The third-order valence-electron chi connectivity index (χ3n) is 5.56. The number of likely N-dealkylation sites (tertiary alicyclic amines) is 2. The summed E-state index contributed by atoms with van der Waals surface area (Å²) in [6.45, 7) is 4.63. The zero-order valence-electron chi connectivity index (χ0n) is 15.0. The van der Waals surface area contributed by atoms with E-state index in [2.05, 4.69) is 15.2 Å².